The Morgan fingerprint density at radius 2 is 1.72 bits per heavy atom. The third-order valence-corrected chi connectivity index (χ3v) is 4.29. The van der Waals surface area contributed by atoms with Gasteiger partial charge in [0.1, 0.15) is 11.6 Å². The fourth-order valence-corrected chi connectivity index (χ4v) is 2.85. The normalized spacial score (nSPS) is 23.4. The van der Waals surface area contributed by atoms with E-state index in [4.69, 9.17) is 4.98 Å². The third kappa shape index (κ3) is 2.02. The molecule has 94 valence electrons. The quantitative estimate of drug-likeness (QED) is 0.745. The molecule has 2 saturated carbocycles. The highest BCUT2D eigenvalue weighted by Gasteiger charge is 2.27. The summed E-state index contributed by atoms with van der Waals surface area (Å²) in [6.45, 7) is 2.28. The predicted molar refractivity (Wildman–Crippen MR) is 71.7 cm³/mol. The maximum absolute atomic E-state index is 4.74. The number of hydrogen-bond donors (Lipinski definition) is 0. The van der Waals surface area contributed by atoms with Crippen molar-refractivity contribution in [1.29, 1.82) is 0 Å². The molecule has 0 bridgehead atoms. The van der Waals surface area contributed by atoms with Crippen LogP contribution in [0, 0.1) is 0 Å². The topological polar surface area (TPSA) is 29.0 Å². The maximum Gasteiger partial charge on any atom is 0.133 e. The molecule has 3 nitrogen and oxygen atoms in total. The van der Waals surface area contributed by atoms with Crippen molar-refractivity contribution in [2.45, 2.75) is 44.4 Å². The third-order valence-electron chi connectivity index (χ3n) is 4.29. The fraction of sp³-hybridized carbons (Fsp3) is 0.600. The zero-order valence-corrected chi connectivity index (χ0v) is 10.7. The highest BCUT2D eigenvalue weighted by Crippen LogP contribution is 2.39. The standard InChI is InChI=1S/C15H19N3/c1-2-11(1)12-6-9-18(10-7-12)14-5-8-16-15(17-14)13-3-4-13/h5,8,13H,1-4,6-7,9-10H2. The van der Waals surface area contributed by atoms with E-state index in [1.54, 1.807) is 11.1 Å². The average molecular weight is 241 g/mol. The van der Waals surface area contributed by atoms with Gasteiger partial charge in [0.2, 0.25) is 0 Å². The molecule has 2 aliphatic carbocycles. The van der Waals surface area contributed by atoms with E-state index in [1.165, 1.54) is 38.5 Å². The minimum Gasteiger partial charge on any atom is -0.356 e. The van der Waals surface area contributed by atoms with Gasteiger partial charge in [-0.3, -0.25) is 0 Å². The minimum atomic E-state index is 0.652. The number of piperidine rings is 1. The van der Waals surface area contributed by atoms with E-state index in [9.17, 15) is 0 Å². The summed E-state index contributed by atoms with van der Waals surface area (Å²) >= 11 is 0. The lowest BCUT2D eigenvalue weighted by atomic mass is 10.0. The van der Waals surface area contributed by atoms with E-state index >= 15 is 0 Å². The predicted octanol–water partition coefficient (Wildman–Crippen LogP) is 3.04. The number of anilines is 1. The molecule has 18 heavy (non-hydrogen) atoms. The first-order valence-corrected chi connectivity index (χ1v) is 7.18. The Kier molecular flexibility index (Phi) is 2.39. The zero-order valence-electron chi connectivity index (χ0n) is 10.7. The monoisotopic (exact) mass is 241 g/mol. The summed E-state index contributed by atoms with van der Waals surface area (Å²) < 4.78 is 0. The Hall–Kier alpha value is -1.38. The van der Waals surface area contributed by atoms with Gasteiger partial charge in [0, 0.05) is 25.2 Å². The molecule has 1 aromatic rings. The summed E-state index contributed by atoms with van der Waals surface area (Å²) in [5.41, 5.74) is 3.48. The molecule has 1 saturated heterocycles. The summed E-state index contributed by atoms with van der Waals surface area (Å²) in [4.78, 5) is 11.6. The van der Waals surface area contributed by atoms with Crippen LogP contribution in [-0.4, -0.2) is 23.1 Å². The first-order valence-electron chi connectivity index (χ1n) is 7.18. The van der Waals surface area contributed by atoms with Crippen LogP contribution in [-0.2, 0) is 0 Å². The second kappa shape index (κ2) is 4.08. The van der Waals surface area contributed by atoms with Crippen LogP contribution in [0.2, 0.25) is 0 Å². The van der Waals surface area contributed by atoms with Crippen LogP contribution in [0.3, 0.4) is 0 Å². The van der Waals surface area contributed by atoms with Crippen molar-refractivity contribution in [3.63, 3.8) is 0 Å². The lowest BCUT2D eigenvalue weighted by Gasteiger charge is -2.29. The number of nitrogens with zero attached hydrogens (tertiary/aromatic N) is 3. The van der Waals surface area contributed by atoms with Crippen molar-refractivity contribution in [1.82, 2.24) is 9.97 Å². The van der Waals surface area contributed by atoms with Gasteiger partial charge >= 0.3 is 0 Å². The van der Waals surface area contributed by atoms with Crippen molar-refractivity contribution >= 4 is 5.82 Å². The van der Waals surface area contributed by atoms with E-state index in [0.29, 0.717) is 5.92 Å². The minimum absolute atomic E-state index is 0.652. The van der Waals surface area contributed by atoms with Crippen molar-refractivity contribution in [3.8, 4) is 0 Å². The van der Waals surface area contributed by atoms with Crippen molar-refractivity contribution in [3.05, 3.63) is 29.2 Å². The summed E-state index contributed by atoms with van der Waals surface area (Å²) in [6.07, 6.45) is 9.73. The Morgan fingerprint density at radius 1 is 1.00 bits per heavy atom. The van der Waals surface area contributed by atoms with Gasteiger partial charge in [0.15, 0.2) is 0 Å². The maximum atomic E-state index is 4.74. The van der Waals surface area contributed by atoms with Gasteiger partial charge in [-0.2, -0.15) is 0 Å². The number of allylic oxidation sites excluding steroid dienone is 1. The smallest absolute Gasteiger partial charge is 0.133 e. The summed E-state index contributed by atoms with van der Waals surface area (Å²) in [5, 5.41) is 0. The highest BCUT2D eigenvalue weighted by molar-refractivity contribution is 5.41. The Labute approximate surface area is 108 Å². The Balaban J connectivity index is 1.50. The second-order valence-corrected chi connectivity index (χ2v) is 5.74. The summed E-state index contributed by atoms with van der Waals surface area (Å²) in [7, 11) is 0. The molecule has 3 aliphatic rings. The van der Waals surface area contributed by atoms with Crippen molar-refractivity contribution in [2.24, 2.45) is 0 Å². The lowest BCUT2D eigenvalue weighted by molar-refractivity contribution is 0.670. The second-order valence-electron chi connectivity index (χ2n) is 5.74. The molecular weight excluding hydrogens is 222 g/mol. The van der Waals surface area contributed by atoms with Crippen molar-refractivity contribution in [2.75, 3.05) is 18.0 Å². The van der Waals surface area contributed by atoms with Gasteiger partial charge < -0.3 is 4.90 Å². The molecule has 1 aliphatic heterocycles. The molecular formula is C15H19N3. The molecule has 0 unspecified atom stereocenters. The largest absolute Gasteiger partial charge is 0.356 e. The molecule has 0 amide bonds. The summed E-state index contributed by atoms with van der Waals surface area (Å²) in [5.74, 6) is 2.87. The first kappa shape index (κ1) is 10.5. The van der Waals surface area contributed by atoms with Gasteiger partial charge in [-0.15, -0.1) is 0 Å². The number of aromatic nitrogens is 2. The molecule has 3 fully saturated rings. The van der Waals surface area contributed by atoms with Crippen LogP contribution in [0.5, 0.6) is 0 Å². The van der Waals surface area contributed by atoms with Gasteiger partial charge in [-0.25, -0.2) is 9.97 Å². The molecule has 3 heteroatoms. The van der Waals surface area contributed by atoms with Gasteiger partial charge in [-0.05, 0) is 44.6 Å². The molecule has 0 N–H and O–H groups in total. The molecule has 2 heterocycles. The Bertz CT molecular complexity index is 486. The van der Waals surface area contributed by atoms with Crippen LogP contribution >= 0.6 is 0 Å². The van der Waals surface area contributed by atoms with Gasteiger partial charge in [0.25, 0.3) is 0 Å². The molecule has 0 aromatic carbocycles. The SMILES string of the molecule is c1cc(N2CCC(=C3CC3)CC2)nc(C2CC2)n1. The van der Waals surface area contributed by atoms with Crippen LogP contribution in [0.4, 0.5) is 5.82 Å². The van der Waals surface area contributed by atoms with Crippen LogP contribution < -0.4 is 4.90 Å². The van der Waals surface area contributed by atoms with E-state index in [2.05, 4.69) is 16.0 Å². The fourth-order valence-electron chi connectivity index (χ4n) is 2.85. The van der Waals surface area contributed by atoms with Crippen LogP contribution in [0.15, 0.2) is 23.4 Å². The van der Waals surface area contributed by atoms with E-state index in [-0.39, 0.29) is 0 Å². The van der Waals surface area contributed by atoms with E-state index < -0.39 is 0 Å². The molecule has 0 radical (unpaired) electrons. The van der Waals surface area contributed by atoms with Crippen LogP contribution in [0.1, 0.15) is 50.3 Å². The van der Waals surface area contributed by atoms with Crippen LogP contribution in [0.25, 0.3) is 0 Å². The number of rotatable bonds is 2. The number of hydrogen-bond acceptors (Lipinski definition) is 3. The summed E-state index contributed by atoms with van der Waals surface area (Å²) in [6, 6.07) is 2.07. The lowest BCUT2D eigenvalue weighted by Crippen LogP contribution is -2.31. The molecule has 1 aromatic heterocycles. The highest BCUT2D eigenvalue weighted by atomic mass is 15.2. The van der Waals surface area contributed by atoms with Gasteiger partial charge in [0.05, 0.1) is 0 Å². The average Bonchev–Trinajstić information content (AvgIpc) is 3.32. The van der Waals surface area contributed by atoms with E-state index in [0.717, 1.165) is 24.7 Å². The molecule has 0 spiro atoms. The van der Waals surface area contributed by atoms with Gasteiger partial charge in [-0.1, -0.05) is 11.1 Å². The van der Waals surface area contributed by atoms with Crippen molar-refractivity contribution < 1.29 is 0 Å². The molecule has 4 rings (SSSR count). The first-order chi connectivity index (χ1) is 8.90. The molecule has 0 atom stereocenters. The van der Waals surface area contributed by atoms with E-state index in [1.807, 2.05) is 6.20 Å². The zero-order chi connectivity index (χ0) is 11.9. The Morgan fingerprint density at radius 3 is 2.39 bits per heavy atom.